The average molecular weight is 303 g/mol. The molecule has 0 aliphatic heterocycles. The van der Waals surface area contributed by atoms with Crippen molar-refractivity contribution in [1.29, 1.82) is 0 Å². The van der Waals surface area contributed by atoms with Crippen LogP contribution in [0.5, 0.6) is 5.75 Å². The summed E-state index contributed by atoms with van der Waals surface area (Å²) in [6.45, 7) is 3.60. The molecule has 0 aliphatic rings. The van der Waals surface area contributed by atoms with Crippen LogP contribution in [0.4, 0.5) is 0 Å². The zero-order valence-corrected chi connectivity index (χ0v) is 11.7. The molecule has 0 fully saturated rings. The Morgan fingerprint density at radius 3 is 2.29 bits per heavy atom. The van der Waals surface area contributed by atoms with Crippen LogP contribution < -0.4 is 4.74 Å². The molecule has 0 saturated heterocycles. The predicted molar refractivity (Wildman–Crippen MR) is 75.9 cm³/mol. The minimum absolute atomic E-state index is 0.240. The largest absolute Gasteiger partial charge is 0.744 e. The summed E-state index contributed by atoms with van der Waals surface area (Å²) >= 11 is 0. The van der Waals surface area contributed by atoms with E-state index in [9.17, 15) is 17.8 Å². The van der Waals surface area contributed by atoms with Gasteiger partial charge in [-0.05, 0) is 29.8 Å². The maximum absolute atomic E-state index is 12.0. The van der Waals surface area contributed by atoms with Gasteiger partial charge in [0.05, 0.1) is 10.5 Å². The van der Waals surface area contributed by atoms with Crippen molar-refractivity contribution >= 4 is 22.2 Å². The van der Waals surface area contributed by atoms with Crippen LogP contribution in [-0.4, -0.2) is 18.9 Å². The summed E-state index contributed by atoms with van der Waals surface area (Å²) in [5.74, 6) is -0.667. The molecule has 5 nitrogen and oxygen atoms in total. The second kappa shape index (κ2) is 5.90. The number of ether oxygens (including phenoxy) is 1. The Hall–Kier alpha value is -2.44. The monoisotopic (exact) mass is 303 g/mol. The molecule has 0 heterocycles. The van der Waals surface area contributed by atoms with Crippen LogP contribution in [0.15, 0.2) is 60.0 Å². The van der Waals surface area contributed by atoms with Crippen molar-refractivity contribution in [3.8, 4) is 5.75 Å². The van der Waals surface area contributed by atoms with Gasteiger partial charge in [-0.3, -0.25) is 0 Å². The first kappa shape index (κ1) is 15.0. The SMILES string of the molecule is C=Cc1ccc(OC(=O)c2ccccc2S(=O)(=O)[O-])cc1. The fraction of sp³-hybridized carbons (Fsp3) is 0. The second-order valence-electron chi connectivity index (χ2n) is 4.11. The van der Waals surface area contributed by atoms with Crippen molar-refractivity contribution in [2.24, 2.45) is 0 Å². The number of hydrogen-bond acceptors (Lipinski definition) is 5. The first-order chi connectivity index (χ1) is 9.91. The van der Waals surface area contributed by atoms with E-state index in [1.807, 2.05) is 0 Å². The Balaban J connectivity index is 2.30. The zero-order chi connectivity index (χ0) is 15.5. The van der Waals surface area contributed by atoms with E-state index in [2.05, 4.69) is 6.58 Å². The highest BCUT2D eigenvalue weighted by molar-refractivity contribution is 7.85. The Labute approximate surface area is 122 Å². The predicted octanol–water partition coefficient (Wildman–Crippen LogP) is 2.45. The second-order valence-corrected chi connectivity index (χ2v) is 5.46. The van der Waals surface area contributed by atoms with Gasteiger partial charge in [-0.15, -0.1) is 0 Å². The summed E-state index contributed by atoms with van der Waals surface area (Å²) in [6.07, 6.45) is 1.63. The highest BCUT2D eigenvalue weighted by atomic mass is 32.2. The van der Waals surface area contributed by atoms with Crippen molar-refractivity contribution in [2.45, 2.75) is 4.90 Å². The molecule has 2 rings (SSSR count). The van der Waals surface area contributed by atoms with E-state index in [1.54, 1.807) is 30.3 Å². The lowest BCUT2D eigenvalue weighted by Gasteiger charge is -2.12. The van der Waals surface area contributed by atoms with Gasteiger partial charge in [0.1, 0.15) is 15.9 Å². The molecule has 0 aromatic heterocycles. The number of rotatable bonds is 4. The Morgan fingerprint density at radius 1 is 1.10 bits per heavy atom. The van der Waals surface area contributed by atoms with Gasteiger partial charge < -0.3 is 9.29 Å². The molecule has 0 bridgehead atoms. The lowest BCUT2D eigenvalue weighted by atomic mass is 10.2. The van der Waals surface area contributed by atoms with Gasteiger partial charge in [0, 0.05) is 0 Å². The first-order valence-corrected chi connectivity index (χ1v) is 7.32. The topological polar surface area (TPSA) is 83.5 Å². The molecule has 0 spiro atoms. The summed E-state index contributed by atoms with van der Waals surface area (Å²) in [7, 11) is -4.75. The normalized spacial score (nSPS) is 10.9. The van der Waals surface area contributed by atoms with Crippen molar-refractivity contribution in [3.05, 3.63) is 66.2 Å². The highest BCUT2D eigenvalue weighted by Gasteiger charge is 2.17. The maximum atomic E-state index is 12.0. The molecule has 0 aliphatic carbocycles. The molecular formula is C15H11O5S-. The standard InChI is InChI=1S/C15H12O5S/c1-2-11-7-9-12(10-8-11)20-15(16)13-5-3-4-6-14(13)21(17,18)19/h2-10H,1H2,(H,17,18,19)/p-1. The van der Waals surface area contributed by atoms with E-state index in [1.165, 1.54) is 18.2 Å². The Morgan fingerprint density at radius 2 is 1.71 bits per heavy atom. The molecule has 0 atom stereocenters. The third kappa shape index (κ3) is 3.56. The molecule has 0 amide bonds. The van der Waals surface area contributed by atoms with Gasteiger partial charge in [0.15, 0.2) is 0 Å². The van der Waals surface area contributed by atoms with Crippen LogP contribution >= 0.6 is 0 Å². The minimum Gasteiger partial charge on any atom is -0.744 e. The maximum Gasteiger partial charge on any atom is 0.344 e. The molecule has 108 valence electrons. The molecule has 0 saturated carbocycles. The van der Waals surface area contributed by atoms with Crippen molar-refractivity contribution in [1.82, 2.24) is 0 Å². The fourth-order valence-corrected chi connectivity index (χ4v) is 2.35. The average Bonchev–Trinajstić information content (AvgIpc) is 2.47. The molecular weight excluding hydrogens is 292 g/mol. The summed E-state index contributed by atoms with van der Waals surface area (Å²) in [5, 5.41) is 0. The number of hydrogen-bond donors (Lipinski definition) is 0. The van der Waals surface area contributed by atoms with Crippen molar-refractivity contribution < 1.29 is 22.5 Å². The molecule has 2 aromatic carbocycles. The van der Waals surface area contributed by atoms with Gasteiger partial charge in [-0.25, -0.2) is 13.2 Å². The van der Waals surface area contributed by atoms with Crippen molar-refractivity contribution in [2.75, 3.05) is 0 Å². The highest BCUT2D eigenvalue weighted by Crippen LogP contribution is 2.19. The molecule has 0 radical (unpaired) electrons. The van der Waals surface area contributed by atoms with E-state index in [-0.39, 0.29) is 11.3 Å². The molecule has 21 heavy (non-hydrogen) atoms. The summed E-state index contributed by atoms with van der Waals surface area (Å²) in [5.41, 5.74) is 0.553. The van der Waals surface area contributed by atoms with Crippen LogP contribution in [0.1, 0.15) is 15.9 Å². The third-order valence-electron chi connectivity index (χ3n) is 2.70. The molecule has 0 N–H and O–H groups in total. The van der Waals surface area contributed by atoms with E-state index >= 15 is 0 Å². The summed E-state index contributed by atoms with van der Waals surface area (Å²) < 4.78 is 38.4. The minimum atomic E-state index is -4.75. The van der Waals surface area contributed by atoms with Gasteiger partial charge >= 0.3 is 5.97 Å². The number of carbonyl (C=O) groups excluding carboxylic acids is 1. The van der Waals surface area contributed by atoms with E-state index in [0.717, 1.165) is 11.6 Å². The van der Waals surface area contributed by atoms with Crippen LogP contribution in [0.3, 0.4) is 0 Å². The smallest absolute Gasteiger partial charge is 0.344 e. The van der Waals surface area contributed by atoms with E-state index < -0.39 is 21.0 Å². The van der Waals surface area contributed by atoms with Crippen molar-refractivity contribution in [3.63, 3.8) is 0 Å². The lowest BCUT2D eigenvalue weighted by Crippen LogP contribution is -2.14. The van der Waals surface area contributed by atoms with Gasteiger partial charge in [0.25, 0.3) is 0 Å². The molecule has 2 aromatic rings. The van der Waals surface area contributed by atoms with Gasteiger partial charge in [0.2, 0.25) is 0 Å². The third-order valence-corrected chi connectivity index (χ3v) is 3.60. The van der Waals surface area contributed by atoms with E-state index in [4.69, 9.17) is 4.74 Å². The van der Waals surface area contributed by atoms with Crippen LogP contribution in [-0.2, 0) is 10.1 Å². The quantitative estimate of drug-likeness (QED) is 0.492. The molecule has 0 unspecified atom stereocenters. The number of carbonyl (C=O) groups is 1. The van der Waals surface area contributed by atoms with Gasteiger partial charge in [-0.1, -0.05) is 36.9 Å². The molecule has 6 heteroatoms. The number of esters is 1. The van der Waals surface area contributed by atoms with E-state index in [0.29, 0.717) is 0 Å². The summed E-state index contributed by atoms with van der Waals surface area (Å²) in [6, 6.07) is 11.6. The number of benzene rings is 2. The van der Waals surface area contributed by atoms with Gasteiger partial charge in [-0.2, -0.15) is 0 Å². The summed E-state index contributed by atoms with van der Waals surface area (Å²) in [4.78, 5) is 11.4. The van der Waals surface area contributed by atoms with Crippen LogP contribution in [0.25, 0.3) is 6.08 Å². The Bertz CT molecular complexity index is 776. The Kier molecular flexibility index (Phi) is 4.21. The fourth-order valence-electron chi connectivity index (χ4n) is 1.69. The zero-order valence-electron chi connectivity index (χ0n) is 10.9. The first-order valence-electron chi connectivity index (χ1n) is 5.91. The van der Waals surface area contributed by atoms with Crippen LogP contribution in [0, 0.1) is 0 Å². The van der Waals surface area contributed by atoms with Crippen LogP contribution in [0.2, 0.25) is 0 Å². The lowest BCUT2D eigenvalue weighted by molar-refractivity contribution is 0.0730.